The lowest BCUT2D eigenvalue weighted by Crippen LogP contribution is -2.31. The molecule has 0 fully saturated rings. The molecule has 1 unspecified atom stereocenters. The van der Waals surface area contributed by atoms with Crippen molar-refractivity contribution in [1.82, 2.24) is 4.98 Å². The summed E-state index contributed by atoms with van der Waals surface area (Å²) < 4.78 is 46.0. The van der Waals surface area contributed by atoms with E-state index in [1.165, 1.54) is 29.5 Å². The molecule has 0 aliphatic carbocycles. The van der Waals surface area contributed by atoms with Crippen molar-refractivity contribution in [3.63, 3.8) is 0 Å². The average molecular weight is 479 g/mol. The van der Waals surface area contributed by atoms with Crippen molar-refractivity contribution in [3.05, 3.63) is 51.5 Å². The van der Waals surface area contributed by atoms with Crippen LogP contribution >= 0.6 is 42.6 Å². The van der Waals surface area contributed by atoms with Crippen molar-refractivity contribution in [1.29, 1.82) is 0 Å². The fraction of sp³-hybridized carbons (Fsp3) is 0.235. The highest BCUT2D eigenvalue weighted by atomic mass is 35.5. The minimum Gasteiger partial charge on any atom is -0.330 e. The van der Waals surface area contributed by atoms with Gasteiger partial charge in [0.25, 0.3) is 10.0 Å². The van der Waals surface area contributed by atoms with E-state index in [0.29, 0.717) is 5.69 Å². The van der Waals surface area contributed by atoms with Gasteiger partial charge in [-0.15, -0.1) is 11.3 Å². The van der Waals surface area contributed by atoms with Crippen molar-refractivity contribution in [2.75, 3.05) is 17.2 Å². The van der Waals surface area contributed by atoms with Crippen LogP contribution in [0.15, 0.2) is 41.3 Å². The lowest BCUT2D eigenvalue weighted by molar-refractivity contribution is 0.351. The Kier molecular flexibility index (Phi) is 6.69. The van der Waals surface area contributed by atoms with Crippen molar-refractivity contribution < 1.29 is 17.5 Å². The summed E-state index contributed by atoms with van der Waals surface area (Å²) in [5, 5.41) is 1.25. The molecule has 1 heterocycles. The van der Waals surface area contributed by atoms with E-state index in [9.17, 15) is 13.0 Å². The van der Waals surface area contributed by atoms with Gasteiger partial charge in [0.2, 0.25) is 8.03 Å². The van der Waals surface area contributed by atoms with Crippen molar-refractivity contribution in [2.45, 2.75) is 18.7 Å². The fourth-order valence-corrected chi connectivity index (χ4v) is 7.17. The summed E-state index contributed by atoms with van der Waals surface area (Å²) in [5.41, 5.74) is 1.14. The number of aryl methyl sites for hydroxylation is 1. The third kappa shape index (κ3) is 4.70. The van der Waals surface area contributed by atoms with Gasteiger partial charge >= 0.3 is 0 Å². The fourth-order valence-electron chi connectivity index (χ4n) is 2.63. The molecule has 0 spiro atoms. The number of aromatic nitrogens is 1. The average Bonchev–Trinajstić information content (AvgIpc) is 2.98. The van der Waals surface area contributed by atoms with E-state index < -0.39 is 18.1 Å². The number of benzene rings is 2. The molecular formula is C17H17Cl2N2O4PS2. The highest BCUT2D eigenvalue weighted by Gasteiger charge is 2.28. The number of halogens is 2. The number of hydrogen-bond acceptors (Lipinski definition) is 6. The third-order valence-electron chi connectivity index (χ3n) is 3.77. The summed E-state index contributed by atoms with van der Waals surface area (Å²) in [6.45, 7) is 3.80. The van der Waals surface area contributed by atoms with Gasteiger partial charge in [-0.2, -0.15) is 0 Å². The van der Waals surface area contributed by atoms with Gasteiger partial charge in [-0.3, -0.25) is 8.87 Å². The molecule has 0 bridgehead atoms. The first-order valence-corrected chi connectivity index (χ1v) is 12.8. The minimum absolute atomic E-state index is 0.0862. The highest BCUT2D eigenvalue weighted by molar-refractivity contribution is 7.93. The molecule has 1 atom stereocenters. The van der Waals surface area contributed by atoms with Crippen LogP contribution in [0.3, 0.4) is 0 Å². The number of nitrogens with zero attached hydrogens (tertiary/aromatic N) is 2. The van der Waals surface area contributed by atoms with Crippen molar-refractivity contribution >= 4 is 68.5 Å². The molecule has 150 valence electrons. The summed E-state index contributed by atoms with van der Waals surface area (Å²) in [6.07, 6.45) is -0.297. The standard InChI is InChI=1S/C17H17Cl2N2O4PS2/c1-3-25-26(22)10-21(14-4-5-16-17(9-14)27-11(2)20-16)28(23,24)15-7-12(18)6-13(19)8-15/h4-9,26H,3,10H2,1-2H3. The molecule has 0 N–H and O–H groups in total. The van der Waals surface area contributed by atoms with Crippen LogP contribution < -0.4 is 4.31 Å². The molecule has 28 heavy (non-hydrogen) atoms. The van der Waals surface area contributed by atoms with Gasteiger partial charge < -0.3 is 4.52 Å². The minimum atomic E-state index is -4.08. The van der Waals surface area contributed by atoms with Gasteiger partial charge in [-0.1, -0.05) is 23.2 Å². The predicted molar refractivity (Wildman–Crippen MR) is 116 cm³/mol. The Bertz CT molecular complexity index is 1130. The summed E-state index contributed by atoms with van der Waals surface area (Å²) in [5.74, 6) is 0. The maximum atomic E-state index is 13.3. The van der Waals surface area contributed by atoms with E-state index >= 15 is 0 Å². The van der Waals surface area contributed by atoms with Crippen LogP contribution in [0.5, 0.6) is 0 Å². The molecule has 11 heteroatoms. The number of hydrogen-bond donors (Lipinski definition) is 0. The normalized spacial score (nSPS) is 13.0. The monoisotopic (exact) mass is 478 g/mol. The SMILES string of the molecule is CCO[PH](=O)CN(c1ccc2nc(C)sc2c1)S(=O)(=O)c1cc(Cl)cc(Cl)c1. The van der Waals surface area contributed by atoms with Crippen LogP contribution in [0.25, 0.3) is 10.2 Å². The Morgan fingerprint density at radius 1 is 1.18 bits per heavy atom. The summed E-state index contributed by atoms with van der Waals surface area (Å²) in [6, 6.07) is 9.14. The lowest BCUT2D eigenvalue weighted by atomic mass is 10.3. The number of rotatable bonds is 7. The Balaban J connectivity index is 2.12. The first kappa shape index (κ1) is 21.6. The highest BCUT2D eigenvalue weighted by Crippen LogP contribution is 2.35. The number of anilines is 1. The van der Waals surface area contributed by atoms with Gasteiger partial charge in [0.1, 0.15) is 6.29 Å². The van der Waals surface area contributed by atoms with Gasteiger partial charge in [0, 0.05) is 10.0 Å². The Hall–Kier alpha value is -1.15. The number of fused-ring (bicyclic) bond motifs is 1. The second-order valence-electron chi connectivity index (χ2n) is 5.81. The van der Waals surface area contributed by atoms with Gasteiger partial charge in [0.05, 0.1) is 32.4 Å². The van der Waals surface area contributed by atoms with Crippen molar-refractivity contribution in [2.24, 2.45) is 0 Å². The zero-order valence-corrected chi connectivity index (χ0v) is 19.1. The van der Waals surface area contributed by atoms with Gasteiger partial charge in [-0.25, -0.2) is 13.4 Å². The molecule has 0 aliphatic rings. The van der Waals surface area contributed by atoms with E-state index in [1.807, 2.05) is 6.92 Å². The van der Waals surface area contributed by atoms with Crippen molar-refractivity contribution in [3.8, 4) is 0 Å². The molecule has 0 saturated heterocycles. The predicted octanol–water partition coefficient (Wildman–Crippen LogP) is 5.58. The van der Waals surface area contributed by atoms with E-state index in [-0.39, 0.29) is 27.8 Å². The Morgan fingerprint density at radius 2 is 1.86 bits per heavy atom. The number of sulfonamides is 1. The molecule has 0 radical (unpaired) electrons. The van der Waals surface area contributed by atoms with E-state index in [2.05, 4.69) is 4.98 Å². The van der Waals surface area contributed by atoms with Crippen LogP contribution in [0, 0.1) is 6.92 Å². The lowest BCUT2D eigenvalue weighted by Gasteiger charge is -2.24. The first-order valence-electron chi connectivity index (χ1n) is 8.22. The Labute approximate surface area is 178 Å². The molecule has 2 aromatic carbocycles. The largest absolute Gasteiger partial charge is 0.330 e. The Morgan fingerprint density at radius 3 is 2.50 bits per heavy atom. The third-order valence-corrected chi connectivity index (χ3v) is 8.30. The summed E-state index contributed by atoms with van der Waals surface area (Å²) in [7, 11) is -6.70. The zero-order chi connectivity index (χ0) is 20.5. The molecule has 0 aliphatic heterocycles. The molecule has 3 rings (SSSR count). The molecule has 1 aromatic heterocycles. The van der Waals surface area contributed by atoms with Crippen LogP contribution in [0.4, 0.5) is 5.69 Å². The summed E-state index contributed by atoms with van der Waals surface area (Å²) in [4.78, 5) is 4.30. The van der Waals surface area contributed by atoms with Gasteiger partial charge in [0.15, 0.2) is 0 Å². The van der Waals surface area contributed by atoms with Crippen LogP contribution in [-0.4, -0.2) is 26.3 Å². The second-order valence-corrected chi connectivity index (χ2v) is 11.1. The molecule has 0 amide bonds. The van der Waals surface area contributed by atoms with Crippen LogP contribution in [0.1, 0.15) is 11.9 Å². The maximum absolute atomic E-state index is 13.3. The zero-order valence-electron chi connectivity index (χ0n) is 15.0. The van der Waals surface area contributed by atoms with E-state index in [1.54, 1.807) is 25.1 Å². The number of thiazole rings is 1. The topological polar surface area (TPSA) is 76.6 Å². The molecule has 0 saturated carbocycles. The van der Waals surface area contributed by atoms with Crippen LogP contribution in [0.2, 0.25) is 10.0 Å². The maximum Gasteiger partial charge on any atom is 0.264 e. The smallest absolute Gasteiger partial charge is 0.264 e. The quantitative estimate of drug-likeness (QED) is 0.414. The van der Waals surface area contributed by atoms with E-state index in [0.717, 1.165) is 19.5 Å². The molecule has 6 nitrogen and oxygen atoms in total. The first-order chi connectivity index (χ1) is 13.2. The summed E-state index contributed by atoms with van der Waals surface area (Å²) >= 11 is 13.4. The van der Waals surface area contributed by atoms with Crippen LogP contribution in [-0.2, 0) is 19.1 Å². The van der Waals surface area contributed by atoms with E-state index in [4.69, 9.17) is 27.7 Å². The molecule has 3 aromatic rings. The second kappa shape index (κ2) is 8.69. The van der Waals surface area contributed by atoms with Gasteiger partial charge in [-0.05, 0) is 50.2 Å². The molecular weight excluding hydrogens is 462 g/mol.